The molecule has 0 saturated carbocycles. The molecule has 0 radical (unpaired) electrons. The third-order valence-corrected chi connectivity index (χ3v) is 3.36. The molecule has 1 heterocycles. The molecule has 1 aromatic rings. The van der Waals surface area contributed by atoms with Crippen LogP contribution in [0.1, 0.15) is 38.1 Å². The Morgan fingerprint density at radius 3 is 2.19 bits per heavy atom. The van der Waals surface area contributed by atoms with Crippen molar-refractivity contribution in [3.8, 4) is 0 Å². The topological polar surface area (TPSA) is 42.2 Å². The molecule has 0 fully saturated rings. The highest BCUT2D eigenvalue weighted by Gasteiger charge is 2.25. The second kappa shape index (κ2) is 4.83. The van der Waals surface area contributed by atoms with Gasteiger partial charge in [-0.15, -0.1) is 0 Å². The maximum atomic E-state index is 11.4. The Labute approximate surface area is 96.7 Å². The second-order valence-corrected chi connectivity index (χ2v) is 4.63. The standard InChI is InChI=1S/C13H21NO2/c1-5-13(4,6-7-15)14-10(2)8-12(16)9-11(14)3/h8-9,15H,5-7H2,1-4H3. The van der Waals surface area contributed by atoms with E-state index in [1.807, 2.05) is 13.8 Å². The lowest BCUT2D eigenvalue weighted by Gasteiger charge is -2.35. The SMILES string of the molecule is CCC(C)(CCO)n1c(C)cc(=O)cc1C. The van der Waals surface area contributed by atoms with Gasteiger partial charge in [0.25, 0.3) is 0 Å². The maximum absolute atomic E-state index is 11.4. The summed E-state index contributed by atoms with van der Waals surface area (Å²) >= 11 is 0. The van der Waals surface area contributed by atoms with Crippen molar-refractivity contribution in [2.24, 2.45) is 0 Å². The van der Waals surface area contributed by atoms with Gasteiger partial charge in [0.2, 0.25) is 0 Å². The predicted molar refractivity (Wildman–Crippen MR) is 65.8 cm³/mol. The first-order valence-electron chi connectivity index (χ1n) is 5.76. The third-order valence-electron chi connectivity index (χ3n) is 3.36. The summed E-state index contributed by atoms with van der Waals surface area (Å²) in [6, 6.07) is 3.30. The van der Waals surface area contributed by atoms with Crippen molar-refractivity contribution in [2.45, 2.75) is 46.1 Å². The Hall–Kier alpha value is -1.09. The van der Waals surface area contributed by atoms with E-state index in [0.717, 1.165) is 17.8 Å². The van der Waals surface area contributed by atoms with Gasteiger partial charge < -0.3 is 9.67 Å². The molecule has 90 valence electrons. The molecule has 1 rings (SSSR count). The van der Waals surface area contributed by atoms with Crippen LogP contribution in [-0.4, -0.2) is 16.3 Å². The van der Waals surface area contributed by atoms with Crippen LogP contribution in [0.5, 0.6) is 0 Å². The van der Waals surface area contributed by atoms with E-state index in [-0.39, 0.29) is 17.6 Å². The normalized spacial score (nSPS) is 14.8. The van der Waals surface area contributed by atoms with Crippen molar-refractivity contribution in [3.05, 3.63) is 33.7 Å². The molecule has 0 aliphatic carbocycles. The van der Waals surface area contributed by atoms with Gasteiger partial charge in [-0.25, -0.2) is 0 Å². The van der Waals surface area contributed by atoms with Crippen molar-refractivity contribution in [1.82, 2.24) is 4.57 Å². The molecule has 0 saturated heterocycles. The molecule has 3 heteroatoms. The number of pyridine rings is 1. The summed E-state index contributed by atoms with van der Waals surface area (Å²) in [6.07, 6.45) is 1.63. The van der Waals surface area contributed by atoms with E-state index in [9.17, 15) is 4.79 Å². The van der Waals surface area contributed by atoms with E-state index in [0.29, 0.717) is 6.42 Å². The van der Waals surface area contributed by atoms with Gasteiger partial charge in [0, 0.05) is 35.7 Å². The van der Waals surface area contributed by atoms with Gasteiger partial charge in [-0.3, -0.25) is 4.79 Å². The average Bonchev–Trinajstić information content (AvgIpc) is 2.16. The Balaban J connectivity index is 3.35. The highest BCUT2D eigenvalue weighted by molar-refractivity contribution is 5.15. The minimum atomic E-state index is -0.114. The highest BCUT2D eigenvalue weighted by atomic mass is 16.3. The van der Waals surface area contributed by atoms with E-state index >= 15 is 0 Å². The van der Waals surface area contributed by atoms with E-state index in [1.165, 1.54) is 0 Å². The van der Waals surface area contributed by atoms with Gasteiger partial charge in [0.15, 0.2) is 5.43 Å². The molecule has 0 amide bonds. The Morgan fingerprint density at radius 1 is 1.31 bits per heavy atom. The quantitative estimate of drug-likeness (QED) is 0.848. The van der Waals surface area contributed by atoms with Gasteiger partial charge in [0.1, 0.15) is 0 Å². The third kappa shape index (κ3) is 2.35. The van der Waals surface area contributed by atoms with E-state index in [2.05, 4.69) is 18.4 Å². The molecule has 0 spiro atoms. The number of aromatic nitrogens is 1. The molecule has 1 atom stereocenters. The zero-order chi connectivity index (χ0) is 12.3. The minimum absolute atomic E-state index is 0.0497. The predicted octanol–water partition coefficient (Wildman–Crippen LogP) is 1.97. The van der Waals surface area contributed by atoms with Crippen LogP contribution in [0.15, 0.2) is 16.9 Å². The summed E-state index contributed by atoms with van der Waals surface area (Å²) in [5.41, 5.74) is 1.86. The molecule has 0 aromatic carbocycles. The maximum Gasteiger partial charge on any atom is 0.182 e. The van der Waals surface area contributed by atoms with Crippen molar-refractivity contribution in [1.29, 1.82) is 0 Å². The zero-order valence-corrected chi connectivity index (χ0v) is 10.6. The number of hydrogen-bond donors (Lipinski definition) is 1. The lowest BCUT2D eigenvalue weighted by atomic mass is 9.93. The summed E-state index contributed by atoms with van der Waals surface area (Å²) in [5.74, 6) is 0. The lowest BCUT2D eigenvalue weighted by molar-refractivity contribution is 0.189. The first kappa shape index (κ1) is 13.0. The Bertz CT molecular complexity index is 396. The van der Waals surface area contributed by atoms with Crippen LogP contribution in [-0.2, 0) is 5.54 Å². The number of aliphatic hydroxyl groups is 1. The van der Waals surface area contributed by atoms with Crippen molar-refractivity contribution >= 4 is 0 Å². The summed E-state index contributed by atoms with van der Waals surface area (Å²) in [5, 5.41) is 9.16. The van der Waals surface area contributed by atoms with Crippen molar-refractivity contribution in [3.63, 3.8) is 0 Å². The van der Waals surface area contributed by atoms with E-state index in [4.69, 9.17) is 5.11 Å². The van der Waals surface area contributed by atoms with Crippen LogP contribution in [0.3, 0.4) is 0 Å². The van der Waals surface area contributed by atoms with Crippen LogP contribution in [0.25, 0.3) is 0 Å². The first-order valence-corrected chi connectivity index (χ1v) is 5.76. The molecule has 0 aliphatic rings. The summed E-state index contributed by atoms with van der Waals surface area (Å²) in [6.45, 7) is 8.27. The second-order valence-electron chi connectivity index (χ2n) is 4.63. The molecule has 1 aromatic heterocycles. The van der Waals surface area contributed by atoms with Crippen molar-refractivity contribution < 1.29 is 5.11 Å². The molecule has 16 heavy (non-hydrogen) atoms. The lowest BCUT2D eigenvalue weighted by Crippen LogP contribution is -2.34. The molecule has 0 bridgehead atoms. The van der Waals surface area contributed by atoms with Crippen LogP contribution in [0.4, 0.5) is 0 Å². The van der Waals surface area contributed by atoms with Gasteiger partial charge in [0.05, 0.1) is 0 Å². The fraction of sp³-hybridized carbons (Fsp3) is 0.615. The van der Waals surface area contributed by atoms with Gasteiger partial charge in [-0.1, -0.05) is 6.92 Å². The van der Waals surface area contributed by atoms with Crippen molar-refractivity contribution in [2.75, 3.05) is 6.61 Å². The highest BCUT2D eigenvalue weighted by Crippen LogP contribution is 2.27. The molecule has 1 N–H and O–H groups in total. The van der Waals surface area contributed by atoms with E-state index in [1.54, 1.807) is 12.1 Å². The number of aliphatic hydroxyl groups excluding tert-OH is 1. The largest absolute Gasteiger partial charge is 0.396 e. The van der Waals surface area contributed by atoms with E-state index < -0.39 is 0 Å². The number of rotatable bonds is 4. The molecule has 0 aliphatic heterocycles. The summed E-state index contributed by atoms with van der Waals surface area (Å²) in [7, 11) is 0. The molecule has 3 nitrogen and oxygen atoms in total. The summed E-state index contributed by atoms with van der Waals surface area (Å²) < 4.78 is 2.16. The number of nitrogens with zero attached hydrogens (tertiary/aromatic N) is 1. The Kier molecular flexibility index (Phi) is 3.92. The van der Waals surface area contributed by atoms with Crippen LogP contribution < -0.4 is 5.43 Å². The van der Waals surface area contributed by atoms with Gasteiger partial charge in [-0.2, -0.15) is 0 Å². The average molecular weight is 223 g/mol. The Morgan fingerprint density at radius 2 is 1.81 bits per heavy atom. The minimum Gasteiger partial charge on any atom is -0.396 e. The number of hydrogen-bond acceptors (Lipinski definition) is 2. The smallest absolute Gasteiger partial charge is 0.182 e. The zero-order valence-electron chi connectivity index (χ0n) is 10.6. The molecule has 1 unspecified atom stereocenters. The summed E-state index contributed by atoms with van der Waals surface area (Å²) in [4.78, 5) is 11.4. The van der Waals surface area contributed by atoms with Crippen LogP contribution in [0, 0.1) is 13.8 Å². The number of aryl methyl sites for hydroxylation is 2. The fourth-order valence-corrected chi connectivity index (χ4v) is 2.40. The monoisotopic (exact) mass is 223 g/mol. The molecular weight excluding hydrogens is 202 g/mol. The fourth-order valence-electron chi connectivity index (χ4n) is 2.40. The van der Waals surface area contributed by atoms with Crippen LogP contribution >= 0.6 is 0 Å². The first-order chi connectivity index (χ1) is 7.44. The van der Waals surface area contributed by atoms with Crippen LogP contribution in [0.2, 0.25) is 0 Å². The molecular formula is C13H21NO2. The van der Waals surface area contributed by atoms with Gasteiger partial charge >= 0.3 is 0 Å². The van der Waals surface area contributed by atoms with Gasteiger partial charge in [-0.05, 0) is 33.6 Å².